The van der Waals surface area contributed by atoms with Crippen LogP contribution in [0, 0.1) is 0 Å². The Kier molecular flexibility index (Phi) is 5.19. The van der Waals surface area contributed by atoms with Gasteiger partial charge in [-0.25, -0.2) is 4.98 Å². The van der Waals surface area contributed by atoms with Crippen molar-refractivity contribution in [3.63, 3.8) is 0 Å². The number of nitrogens with one attached hydrogen (secondary N) is 1. The van der Waals surface area contributed by atoms with E-state index in [4.69, 9.17) is 11.6 Å². The molecule has 0 aliphatic carbocycles. The van der Waals surface area contributed by atoms with Crippen molar-refractivity contribution in [1.82, 2.24) is 9.36 Å². The molecule has 0 saturated carbocycles. The smallest absolute Gasteiger partial charge is 0.202 e. The van der Waals surface area contributed by atoms with Crippen molar-refractivity contribution in [2.75, 3.05) is 11.2 Å². The van der Waals surface area contributed by atoms with Crippen LogP contribution in [0.4, 0.5) is 5.13 Å². The van der Waals surface area contributed by atoms with Crippen molar-refractivity contribution >= 4 is 28.3 Å². The van der Waals surface area contributed by atoms with Crippen LogP contribution in [0.25, 0.3) is 0 Å². The minimum atomic E-state index is 0.423. The lowest BCUT2D eigenvalue weighted by Gasteiger charge is -2.10. The molecule has 0 aromatic carbocycles. The Morgan fingerprint density at radius 3 is 2.93 bits per heavy atom. The maximum Gasteiger partial charge on any atom is 0.202 e. The molecule has 0 fully saturated rings. The number of hydrogen-bond acceptors (Lipinski definition) is 4. The molecular formula is C9H16ClN3S. The van der Waals surface area contributed by atoms with Gasteiger partial charge >= 0.3 is 0 Å². The van der Waals surface area contributed by atoms with Crippen LogP contribution in [0.2, 0.25) is 0 Å². The van der Waals surface area contributed by atoms with Gasteiger partial charge in [-0.3, -0.25) is 0 Å². The number of alkyl halides is 1. The van der Waals surface area contributed by atoms with Crippen molar-refractivity contribution in [3.05, 3.63) is 5.82 Å². The molecule has 0 bridgehead atoms. The zero-order valence-electron chi connectivity index (χ0n) is 8.59. The minimum Gasteiger partial charge on any atom is -0.358 e. The van der Waals surface area contributed by atoms with Crippen LogP contribution in [0.5, 0.6) is 0 Å². The van der Waals surface area contributed by atoms with Gasteiger partial charge in [-0.1, -0.05) is 6.92 Å². The summed E-state index contributed by atoms with van der Waals surface area (Å²) in [6, 6.07) is 0.423. The molecule has 1 aromatic heterocycles. The quantitative estimate of drug-likeness (QED) is 0.768. The average molecular weight is 234 g/mol. The van der Waals surface area contributed by atoms with Crippen LogP contribution in [0.3, 0.4) is 0 Å². The van der Waals surface area contributed by atoms with Gasteiger partial charge in [0.25, 0.3) is 0 Å². The third-order valence-electron chi connectivity index (χ3n) is 1.92. The van der Waals surface area contributed by atoms with E-state index in [0.29, 0.717) is 6.04 Å². The summed E-state index contributed by atoms with van der Waals surface area (Å²) in [6.45, 7) is 4.20. The van der Waals surface area contributed by atoms with E-state index in [0.717, 1.165) is 36.1 Å². The number of hydrogen-bond donors (Lipinski definition) is 1. The number of nitrogens with zero attached hydrogens (tertiary/aromatic N) is 2. The third kappa shape index (κ3) is 3.80. The molecule has 0 aliphatic rings. The van der Waals surface area contributed by atoms with E-state index < -0.39 is 0 Å². The van der Waals surface area contributed by atoms with Gasteiger partial charge in [-0.05, 0) is 19.8 Å². The van der Waals surface area contributed by atoms with Crippen molar-refractivity contribution < 1.29 is 0 Å². The van der Waals surface area contributed by atoms with Crippen LogP contribution < -0.4 is 5.32 Å². The Morgan fingerprint density at radius 1 is 1.57 bits per heavy atom. The zero-order valence-corrected chi connectivity index (χ0v) is 10.2. The molecular weight excluding hydrogens is 218 g/mol. The molecule has 80 valence electrons. The van der Waals surface area contributed by atoms with Gasteiger partial charge in [0, 0.05) is 29.9 Å². The summed E-state index contributed by atoms with van der Waals surface area (Å²) >= 11 is 7.05. The lowest BCUT2D eigenvalue weighted by molar-refractivity contribution is 0.692. The molecule has 1 N–H and O–H groups in total. The Labute approximate surface area is 94.1 Å². The topological polar surface area (TPSA) is 37.8 Å². The van der Waals surface area contributed by atoms with Crippen LogP contribution >= 0.6 is 23.1 Å². The monoisotopic (exact) mass is 233 g/mol. The van der Waals surface area contributed by atoms with Gasteiger partial charge in [0.2, 0.25) is 5.13 Å². The Morgan fingerprint density at radius 2 is 2.36 bits per heavy atom. The molecule has 14 heavy (non-hydrogen) atoms. The van der Waals surface area contributed by atoms with Crippen LogP contribution in [0.1, 0.15) is 32.5 Å². The lowest BCUT2D eigenvalue weighted by atomic mass is 10.2. The molecule has 0 radical (unpaired) electrons. The summed E-state index contributed by atoms with van der Waals surface area (Å²) in [4.78, 5) is 4.34. The van der Waals surface area contributed by atoms with E-state index in [1.165, 1.54) is 11.5 Å². The first-order chi connectivity index (χ1) is 6.76. The fourth-order valence-corrected chi connectivity index (χ4v) is 2.04. The minimum absolute atomic E-state index is 0.423. The summed E-state index contributed by atoms with van der Waals surface area (Å²) < 4.78 is 4.21. The number of aryl methyl sites for hydroxylation is 1. The van der Waals surface area contributed by atoms with Crippen molar-refractivity contribution in [2.45, 2.75) is 39.2 Å². The number of aromatic nitrogens is 2. The Balaban J connectivity index is 2.35. The zero-order chi connectivity index (χ0) is 10.4. The van der Waals surface area contributed by atoms with Crippen LogP contribution in [0.15, 0.2) is 0 Å². The molecule has 1 atom stereocenters. The van der Waals surface area contributed by atoms with E-state index in [-0.39, 0.29) is 0 Å². The highest BCUT2D eigenvalue weighted by atomic mass is 35.5. The highest BCUT2D eigenvalue weighted by molar-refractivity contribution is 7.09. The van der Waals surface area contributed by atoms with Crippen molar-refractivity contribution in [3.8, 4) is 0 Å². The number of halogens is 1. The molecule has 1 heterocycles. The van der Waals surface area contributed by atoms with E-state index in [9.17, 15) is 0 Å². The van der Waals surface area contributed by atoms with Crippen LogP contribution in [-0.4, -0.2) is 21.3 Å². The maximum absolute atomic E-state index is 5.62. The summed E-state index contributed by atoms with van der Waals surface area (Å²) in [5.74, 6) is 1.64. The summed E-state index contributed by atoms with van der Waals surface area (Å²) in [6.07, 6.45) is 3.01. The summed E-state index contributed by atoms with van der Waals surface area (Å²) in [7, 11) is 0. The molecule has 0 spiro atoms. The van der Waals surface area contributed by atoms with Gasteiger partial charge in [-0.2, -0.15) is 4.37 Å². The van der Waals surface area contributed by atoms with E-state index in [2.05, 4.69) is 28.5 Å². The third-order valence-corrected chi connectivity index (χ3v) is 2.88. The highest BCUT2D eigenvalue weighted by Gasteiger charge is 2.05. The summed E-state index contributed by atoms with van der Waals surface area (Å²) in [5.41, 5.74) is 0. The Hall–Kier alpha value is -0.350. The molecule has 1 aromatic rings. The first-order valence-electron chi connectivity index (χ1n) is 4.91. The first kappa shape index (κ1) is 11.7. The SMILES string of the molecule is CCc1nsc(NC(C)CCCCl)n1. The number of rotatable bonds is 6. The van der Waals surface area contributed by atoms with Crippen molar-refractivity contribution in [1.29, 1.82) is 0 Å². The largest absolute Gasteiger partial charge is 0.358 e. The predicted octanol–water partition coefficient (Wildman–Crippen LogP) is 2.92. The van der Waals surface area contributed by atoms with E-state index in [1.54, 1.807) is 0 Å². The van der Waals surface area contributed by atoms with Gasteiger partial charge in [-0.15, -0.1) is 11.6 Å². The fraction of sp³-hybridized carbons (Fsp3) is 0.778. The van der Waals surface area contributed by atoms with Gasteiger partial charge in [0.1, 0.15) is 5.82 Å². The standard InChI is InChI=1S/C9H16ClN3S/c1-3-8-12-9(14-13-8)11-7(2)5-4-6-10/h7H,3-6H2,1-2H3,(H,11,12,13). The maximum atomic E-state index is 5.62. The van der Waals surface area contributed by atoms with Crippen molar-refractivity contribution in [2.24, 2.45) is 0 Å². The number of anilines is 1. The molecule has 0 saturated heterocycles. The lowest BCUT2D eigenvalue weighted by Crippen LogP contribution is -2.14. The van der Waals surface area contributed by atoms with Crippen LogP contribution in [-0.2, 0) is 6.42 Å². The molecule has 0 aliphatic heterocycles. The second-order valence-corrected chi connectivity index (χ2v) is 4.38. The second kappa shape index (κ2) is 6.19. The molecule has 0 amide bonds. The van der Waals surface area contributed by atoms with Gasteiger partial charge < -0.3 is 5.32 Å². The average Bonchev–Trinajstić information content (AvgIpc) is 2.62. The molecule has 1 unspecified atom stereocenters. The molecule has 5 heteroatoms. The molecule has 3 nitrogen and oxygen atoms in total. The highest BCUT2D eigenvalue weighted by Crippen LogP contribution is 2.14. The fourth-order valence-electron chi connectivity index (χ4n) is 1.12. The van der Waals surface area contributed by atoms with Gasteiger partial charge in [0.05, 0.1) is 0 Å². The van der Waals surface area contributed by atoms with Gasteiger partial charge in [0.15, 0.2) is 0 Å². The Bertz CT molecular complexity index is 264. The van der Waals surface area contributed by atoms with E-state index in [1.807, 2.05) is 0 Å². The normalized spacial score (nSPS) is 12.8. The second-order valence-electron chi connectivity index (χ2n) is 3.25. The first-order valence-corrected chi connectivity index (χ1v) is 6.22. The summed E-state index contributed by atoms with van der Waals surface area (Å²) in [5, 5.41) is 4.24. The predicted molar refractivity (Wildman–Crippen MR) is 62.3 cm³/mol. The van der Waals surface area contributed by atoms with E-state index >= 15 is 0 Å². The molecule has 1 rings (SSSR count).